The molecule has 0 bridgehead atoms. The predicted molar refractivity (Wildman–Crippen MR) is 75.0 cm³/mol. The molecule has 4 nitrogen and oxygen atoms in total. The SMILES string of the molecule is C=CCNC(=S)NC(C)c1cnn(CC)c1C. The van der Waals surface area contributed by atoms with Gasteiger partial charge < -0.3 is 10.6 Å². The first-order valence-corrected chi connectivity index (χ1v) is 6.18. The van der Waals surface area contributed by atoms with Crippen LogP contribution in [0.3, 0.4) is 0 Å². The van der Waals surface area contributed by atoms with Crippen molar-refractivity contribution in [3.05, 3.63) is 30.1 Å². The van der Waals surface area contributed by atoms with Gasteiger partial charge in [0, 0.05) is 24.3 Å². The van der Waals surface area contributed by atoms with Crippen LogP contribution >= 0.6 is 12.2 Å². The van der Waals surface area contributed by atoms with Crippen LogP contribution in [-0.4, -0.2) is 21.4 Å². The van der Waals surface area contributed by atoms with Crippen molar-refractivity contribution in [1.82, 2.24) is 20.4 Å². The Bertz CT molecular complexity index is 397. The molecule has 0 fully saturated rings. The second-order valence-corrected chi connectivity index (χ2v) is 4.27. The van der Waals surface area contributed by atoms with Crippen LogP contribution in [-0.2, 0) is 6.54 Å². The number of nitrogens with one attached hydrogen (secondary N) is 2. The maximum absolute atomic E-state index is 5.18. The zero-order chi connectivity index (χ0) is 12.8. The summed E-state index contributed by atoms with van der Waals surface area (Å²) in [6.45, 7) is 11.4. The summed E-state index contributed by atoms with van der Waals surface area (Å²) >= 11 is 5.18. The molecule has 5 heteroatoms. The fraction of sp³-hybridized carbons (Fsp3) is 0.500. The summed E-state index contributed by atoms with van der Waals surface area (Å²) in [7, 11) is 0. The van der Waals surface area contributed by atoms with E-state index in [1.165, 1.54) is 11.3 Å². The van der Waals surface area contributed by atoms with Gasteiger partial charge in [-0.2, -0.15) is 5.10 Å². The number of nitrogens with zero attached hydrogens (tertiary/aromatic N) is 2. The van der Waals surface area contributed by atoms with Gasteiger partial charge >= 0.3 is 0 Å². The van der Waals surface area contributed by atoms with Crippen LogP contribution in [0.25, 0.3) is 0 Å². The lowest BCUT2D eigenvalue weighted by Gasteiger charge is -2.16. The zero-order valence-corrected chi connectivity index (χ0v) is 11.5. The Morgan fingerprint density at radius 3 is 2.94 bits per heavy atom. The molecule has 0 saturated carbocycles. The molecule has 1 heterocycles. The van der Waals surface area contributed by atoms with Gasteiger partial charge in [-0.05, 0) is 33.0 Å². The zero-order valence-electron chi connectivity index (χ0n) is 10.7. The van der Waals surface area contributed by atoms with E-state index < -0.39 is 0 Å². The van der Waals surface area contributed by atoms with Crippen LogP contribution in [0.15, 0.2) is 18.9 Å². The van der Waals surface area contributed by atoms with Gasteiger partial charge in [-0.25, -0.2) is 0 Å². The van der Waals surface area contributed by atoms with Crippen LogP contribution in [0.5, 0.6) is 0 Å². The van der Waals surface area contributed by atoms with E-state index in [1.807, 2.05) is 10.9 Å². The molecule has 1 aromatic rings. The second-order valence-electron chi connectivity index (χ2n) is 3.87. The van der Waals surface area contributed by atoms with Gasteiger partial charge in [0.05, 0.1) is 12.2 Å². The summed E-state index contributed by atoms with van der Waals surface area (Å²) in [5.74, 6) is 0. The van der Waals surface area contributed by atoms with E-state index in [0.717, 1.165) is 6.54 Å². The van der Waals surface area contributed by atoms with E-state index in [9.17, 15) is 0 Å². The molecule has 0 aromatic carbocycles. The molecule has 2 N–H and O–H groups in total. The molecule has 0 aliphatic heterocycles. The smallest absolute Gasteiger partial charge is 0.167 e. The molecule has 17 heavy (non-hydrogen) atoms. The van der Waals surface area contributed by atoms with Crippen LogP contribution in [0.4, 0.5) is 0 Å². The standard InChI is InChI=1S/C12H20N4S/c1-5-7-13-12(17)15-9(3)11-8-14-16(6-2)10(11)4/h5,8-9H,1,6-7H2,2-4H3,(H2,13,15,17). The third kappa shape index (κ3) is 3.56. The number of hydrogen-bond donors (Lipinski definition) is 2. The van der Waals surface area contributed by atoms with E-state index in [-0.39, 0.29) is 6.04 Å². The van der Waals surface area contributed by atoms with Crippen molar-refractivity contribution in [3.63, 3.8) is 0 Å². The molecule has 0 aliphatic rings. The lowest BCUT2D eigenvalue weighted by Crippen LogP contribution is -2.36. The van der Waals surface area contributed by atoms with Crippen molar-refractivity contribution >= 4 is 17.3 Å². The Labute approximate surface area is 108 Å². The third-order valence-corrected chi connectivity index (χ3v) is 2.92. The number of aromatic nitrogens is 2. The number of thiocarbonyl (C=S) groups is 1. The number of aryl methyl sites for hydroxylation is 1. The van der Waals surface area contributed by atoms with Crippen molar-refractivity contribution in [2.45, 2.75) is 33.4 Å². The summed E-state index contributed by atoms with van der Waals surface area (Å²) in [5, 5.41) is 11.2. The maximum Gasteiger partial charge on any atom is 0.167 e. The molecular weight excluding hydrogens is 232 g/mol. The molecule has 1 rings (SSSR count). The van der Waals surface area contributed by atoms with E-state index in [0.29, 0.717) is 11.7 Å². The van der Waals surface area contributed by atoms with E-state index in [1.54, 1.807) is 6.08 Å². The highest BCUT2D eigenvalue weighted by molar-refractivity contribution is 7.80. The normalized spacial score (nSPS) is 11.9. The highest BCUT2D eigenvalue weighted by Gasteiger charge is 2.13. The predicted octanol–water partition coefficient (Wildman–Crippen LogP) is 1.92. The Hall–Kier alpha value is -1.36. The largest absolute Gasteiger partial charge is 0.359 e. The van der Waals surface area contributed by atoms with Gasteiger partial charge in [-0.15, -0.1) is 6.58 Å². The number of rotatable bonds is 5. The molecular formula is C12H20N4S. The summed E-state index contributed by atoms with van der Waals surface area (Å²) < 4.78 is 1.98. The Morgan fingerprint density at radius 2 is 2.41 bits per heavy atom. The van der Waals surface area contributed by atoms with Crippen molar-refractivity contribution < 1.29 is 0 Å². The lowest BCUT2D eigenvalue weighted by molar-refractivity contribution is 0.632. The van der Waals surface area contributed by atoms with Crippen molar-refractivity contribution in [1.29, 1.82) is 0 Å². The third-order valence-electron chi connectivity index (χ3n) is 2.66. The fourth-order valence-corrected chi connectivity index (χ4v) is 1.96. The maximum atomic E-state index is 5.18. The van der Waals surface area contributed by atoms with E-state index in [4.69, 9.17) is 12.2 Å². The molecule has 0 spiro atoms. The fourth-order valence-electron chi connectivity index (χ4n) is 1.70. The number of hydrogen-bond acceptors (Lipinski definition) is 2. The summed E-state index contributed by atoms with van der Waals surface area (Å²) in [6, 6.07) is 0.153. The topological polar surface area (TPSA) is 41.9 Å². The minimum Gasteiger partial charge on any atom is -0.359 e. The molecule has 0 amide bonds. The summed E-state index contributed by atoms with van der Waals surface area (Å²) in [6.07, 6.45) is 3.67. The molecule has 1 unspecified atom stereocenters. The summed E-state index contributed by atoms with van der Waals surface area (Å²) in [4.78, 5) is 0. The van der Waals surface area contributed by atoms with Gasteiger partial charge in [0.2, 0.25) is 0 Å². The Kier molecular flexibility index (Phi) is 5.15. The van der Waals surface area contributed by atoms with Gasteiger partial charge in [-0.1, -0.05) is 6.08 Å². The van der Waals surface area contributed by atoms with Crippen LogP contribution in [0.2, 0.25) is 0 Å². The van der Waals surface area contributed by atoms with Gasteiger partial charge in [0.15, 0.2) is 5.11 Å². The van der Waals surface area contributed by atoms with Crippen LogP contribution < -0.4 is 10.6 Å². The highest BCUT2D eigenvalue weighted by Crippen LogP contribution is 2.16. The van der Waals surface area contributed by atoms with E-state index >= 15 is 0 Å². The molecule has 0 saturated heterocycles. The molecule has 1 aromatic heterocycles. The second kappa shape index (κ2) is 6.39. The summed E-state index contributed by atoms with van der Waals surface area (Å²) in [5.41, 5.74) is 2.36. The van der Waals surface area contributed by atoms with Crippen molar-refractivity contribution in [2.75, 3.05) is 6.54 Å². The Morgan fingerprint density at radius 1 is 1.71 bits per heavy atom. The lowest BCUT2D eigenvalue weighted by atomic mass is 10.1. The first-order chi connectivity index (χ1) is 8.10. The average molecular weight is 252 g/mol. The highest BCUT2D eigenvalue weighted by atomic mass is 32.1. The first kappa shape index (κ1) is 13.7. The van der Waals surface area contributed by atoms with Crippen LogP contribution in [0, 0.1) is 6.92 Å². The van der Waals surface area contributed by atoms with Gasteiger partial charge in [0.25, 0.3) is 0 Å². The van der Waals surface area contributed by atoms with E-state index in [2.05, 4.69) is 43.1 Å². The first-order valence-electron chi connectivity index (χ1n) is 5.77. The molecule has 94 valence electrons. The monoisotopic (exact) mass is 252 g/mol. The quantitative estimate of drug-likeness (QED) is 0.620. The van der Waals surface area contributed by atoms with Gasteiger partial charge in [-0.3, -0.25) is 4.68 Å². The van der Waals surface area contributed by atoms with Crippen LogP contribution in [0.1, 0.15) is 31.1 Å². The minimum absolute atomic E-state index is 0.153. The average Bonchev–Trinajstić information content (AvgIpc) is 2.67. The minimum atomic E-state index is 0.153. The van der Waals surface area contributed by atoms with Crippen molar-refractivity contribution in [3.8, 4) is 0 Å². The molecule has 0 radical (unpaired) electrons. The van der Waals surface area contributed by atoms with Gasteiger partial charge in [0.1, 0.15) is 0 Å². The molecule has 1 atom stereocenters. The molecule has 0 aliphatic carbocycles. The van der Waals surface area contributed by atoms with Crippen molar-refractivity contribution in [2.24, 2.45) is 0 Å². The Balaban J connectivity index is 2.63.